The molecule has 5 rings (SSSR count). The summed E-state index contributed by atoms with van der Waals surface area (Å²) in [5.41, 5.74) is 2.22. The van der Waals surface area contributed by atoms with E-state index >= 15 is 0 Å². The number of hydrogen-bond donors (Lipinski definition) is 2. The van der Waals surface area contributed by atoms with Crippen LogP contribution < -0.4 is 14.8 Å². The van der Waals surface area contributed by atoms with Crippen LogP contribution in [0.1, 0.15) is 62.0 Å². The minimum Gasteiger partial charge on any atom is -0.508 e. The quantitative estimate of drug-likeness (QED) is 0.808. The van der Waals surface area contributed by atoms with E-state index in [9.17, 15) is 5.11 Å². The van der Waals surface area contributed by atoms with Crippen LogP contribution in [0.4, 0.5) is 0 Å². The van der Waals surface area contributed by atoms with Crippen molar-refractivity contribution in [2.75, 3.05) is 13.1 Å². The zero-order valence-corrected chi connectivity index (χ0v) is 16.3. The summed E-state index contributed by atoms with van der Waals surface area (Å²) in [6.07, 6.45) is 8.15. The maximum atomic E-state index is 10.0. The van der Waals surface area contributed by atoms with Crippen molar-refractivity contribution in [2.24, 2.45) is 0 Å². The lowest BCUT2D eigenvalue weighted by Gasteiger charge is -2.45. The number of phenolic OH excluding ortho intramolecular Hbond substituents is 1. The highest BCUT2D eigenvalue weighted by molar-refractivity contribution is 5.49. The van der Waals surface area contributed by atoms with Crippen LogP contribution >= 0.6 is 0 Å². The fourth-order valence-electron chi connectivity index (χ4n) is 5.15. The first-order chi connectivity index (χ1) is 13.7. The summed E-state index contributed by atoms with van der Waals surface area (Å²) in [4.78, 5) is 0. The predicted octanol–water partition coefficient (Wildman–Crippen LogP) is 4.75. The van der Waals surface area contributed by atoms with E-state index in [0.717, 1.165) is 62.3 Å². The van der Waals surface area contributed by atoms with Crippen molar-refractivity contribution in [2.45, 2.75) is 62.6 Å². The second-order valence-corrected chi connectivity index (χ2v) is 8.61. The molecular weight excluding hydrogens is 350 g/mol. The van der Waals surface area contributed by atoms with Crippen molar-refractivity contribution < 1.29 is 14.6 Å². The Hall–Kier alpha value is -2.20. The van der Waals surface area contributed by atoms with Gasteiger partial charge in [0.15, 0.2) is 0 Å². The van der Waals surface area contributed by atoms with Crippen molar-refractivity contribution >= 4 is 0 Å². The lowest BCUT2D eigenvalue weighted by Crippen LogP contribution is -2.49. The Morgan fingerprint density at radius 2 is 1.86 bits per heavy atom. The second kappa shape index (κ2) is 7.32. The van der Waals surface area contributed by atoms with Gasteiger partial charge in [-0.05, 0) is 81.8 Å². The number of piperidine rings is 1. The van der Waals surface area contributed by atoms with Gasteiger partial charge >= 0.3 is 0 Å². The van der Waals surface area contributed by atoms with Crippen LogP contribution in [0.15, 0.2) is 42.5 Å². The van der Waals surface area contributed by atoms with Gasteiger partial charge in [0.2, 0.25) is 0 Å². The Morgan fingerprint density at radius 3 is 2.64 bits per heavy atom. The van der Waals surface area contributed by atoms with Crippen LogP contribution in [0.5, 0.6) is 17.2 Å². The van der Waals surface area contributed by atoms with E-state index < -0.39 is 0 Å². The van der Waals surface area contributed by atoms with Gasteiger partial charge in [0.25, 0.3) is 0 Å². The van der Waals surface area contributed by atoms with Gasteiger partial charge in [-0.2, -0.15) is 0 Å². The molecule has 1 unspecified atom stereocenters. The summed E-state index contributed by atoms with van der Waals surface area (Å²) in [6.45, 7) is 1.97. The summed E-state index contributed by atoms with van der Waals surface area (Å²) in [6, 6.07) is 14.1. The van der Waals surface area contributed by atoms with Crippen LogP contribution in [-0.2, 0) is 0 Å². The molecule has 2 N–H and O–H groups in total. The van der Waals surface area contributed by atoms with Gasteiger partial charge in [-0.15, -0.1) is 0 Å². The number of rotatable bonds is 3. The number of benzene rings is 2. The third kappa shape index (κ3) is 3.46. The van der Waals surface area contributed by atoms with E-state index in [1.165, 1.54) is 18.4 Å². The summed E-state index contributed by atoms with van der Waals surface area (Å²) in [5, 5.41) is 13.5. The van der Waals surface area contributed by atoms with E-state index in [1.54, 1.807) is 6.07 Å². The first-order valence-electron chi connectivity index (χ1n) is 10.7. The fraction of sp³-hybridized carbons (Fsp3) is 0.500. The van der Waals surface area contributed by atoms with E-state index in [0.29, 0.717) is 11.9 Å². The standard InChI is InChI=1S/C24H29NO3/c26-18-5-3-4-17(14-18)22-16-24(10-12-25-13-11-24)28-23-15-20(8-9-21(22)23)27-19-6-1-2-7-19/h3-5,8-9,14-15,19,22,25-26H,1-2,6-7,10-13,16H2. The van der Waals surface area contributed by atoms with Crippen LogP contribution in [0.3, 0.4) is 0 Å². The molecule has 2 aromatic rings. The molecule has 1 saturated carbocycles. The molecule has 0 amide bonds. The molecule has 1 saturated heterocycles. The number of phenols is 1. The average molecular weight is 380 g/mol. The van der Waals surface area contributed by atoms with Gasteiger partial charge in [0.1, 0.15) is 22.8 Å². The fourth-order valence-corrected chi connectivity index (χ4v) is 5.15. The highest BCUT2D eigenvalue weighted by Gasteiger charge is 2.42. The van der Waals surface area contributed by atoms with E-state index in [1.807, 2.05) is 12.1 Å². The number of ether oxygens (including phenoxy) is 2. The molecule has 0 aromatic heterocycles. The summed E-state index contributed by atoms with van der Waals surface area (Å²) in [5.74, 6) is 2.43. The molecule has 0 radical (unpaired) electrons. The lowest BCUT2D eigenvalue weighted by molar-refractivity contribution is 0.0110. The maximum Gasteiger partial charge on any atom is 0.127 e. The van der Waals surface area contributed by atoms with Gasteiger partial charge in [0.05, 0.1) is 6.10 Å². The highest BCUT2D eigenvalue weighted by atomic mass is 16.5. The van der Waals surface area contributed by atoms with E-state index in [2.05, 4.69) is 29.6 Å². The smallest absolute Gasteiger partial charge is 0.127 e. The molecule has 2 fully saturated rings. The zero-order chi connectivity index (χ0) is 19.0. The number of aromatic hydroxyl groups is 1. The Labute approximate surface area is 166 Å². The molecular formula is C24H29NO3. The molecule has 4 heteroatoms. The Balaban J connectivity index is 1.51. The third-order valence-corrected chi connectivity index (χ3v) is 6.66. The minimum absolute atomic E-state index is 0.139. The second-order valence-electron chi connectivity index (χ2n) is 8.61. The minimum atomic E-state index is -0.139. The van der Waals surface area contributed by atoms with Gasteiger partial charge in [-0.1, -0.05) is 18.2 Å². The Morgan fingerprint density at radius 1 is 1.04 bits per heavy atom. The Bertz CT molecular complexity index is 837. The monoisotopic (exact) mass is 379 g/mol. The van der Waals surface area contributed by atoms with Crippen molar-refractivity contribution in [3.63, 3.8) is 0 Å². The summed E-state index contributed by atoms with van der Waals surface area (Å²) in [7, 11) is 0. The van der Waals surface area contributed by atoms with Gasteiger partial charge in [0, 0.05) is 17.5 Å². The Kier molecular flexibility index (Phi) is 4.67. The molecule has 2 aliphatic heterocycles. The first kappa shape index (κ1) is 17.9. The average Bonchev–Trinajstić information content (AvgIpc) is 3.21. The number of fused-ring (bicyclic) bond motifs is 1. The molecule has 1 aliphatic carbocycles. The van der Waals surface area contributed by atoms with Crippen LogP contribution in [0.2, 0.25) is 0 Å². The summed E-state index contributed by atoms with van der Waals surface area (Å²) < 4.78 is 12.9. The summed E-state index contributed by atoms with van der Waals surface area (Å²) >= 11 is 0. The molecule has 1 atom stereocenters. The molecule has 3 aliphatic rings. The number of nitrogens with one attached hydrogen (secondary N) is 1. The molecule has 4 nitrogen and oxygen atoms in total. The molecule has 0 bridgehead atoms. The molecule has 148 valence electrons. The van der Waals surface area contributed by atoms with Gasteiger partial charge in [-0.25, -0.2) is 0 Å². The van der Waals surface area contributed by atoms with Crippen LogP contribution in [0, 0.1) is 0 Å². The van der Waals surface area contributed by atoms with E-state index in [-0.39, 0.29) is 11.5 Å². The predicted molar refractivity (Wildman–Crippen MR) is 109 cm³/mol. The maximum absolute atomic E-state index is 10.0. The molecule has 28 heavy (non-hydrogen) atoms. The third-order valence-electron chi connectivity index (χ3n) is 6.66. The lowest BCUT2D eigenvalue weighted by atomic mass is 9.75. The van der Waals surface area contributed by atoms with Crippen LogP contribution in [-0.4, -0.2) is 29.9 Å². The van der Waals surface area contributed by atoms with Crippen LogP contribution in [0.25, 0.3) is 0 Å². The first-order valence-corrected chi connectivity index (χ1v) is 10.7. The van der Waals surface area contributed by atoms with Crippen molar-refractivity contribution in [3.05, 3.63) is 53.6 Å². The molecule has 2 heterocycles. The van der Waals surface area contributed by atoms with Crippen molar-refractivity contribution in [1.82, 2.24) is 5.32 Å². The highest BCUT2D eigenvalue weighted by Crippen LogP contribution is 2.48. The molecule has 2 aromatic carbocycles. The largest absolute Gasteiger partial charge is 0.508 e. The van der Waals surface area contributed by atoms with Crippen molar-refractivity contribution in [3.8, 4) is 17.2 Å². The van der Waals surface area contributed by atoms with Gasteiger partial charge in [-0.3, -0.25) is 0 Å². The normalized spacial score (nSPS) is 23.9. The van der Waals surface area contributed by atoms with Crippen molar-refractivity contribution in [1.29, 1.82) is 0 Å². The van der Waals surface area contributed by atoms with E-state index in [4.69, 9.17) is 9.47 Å². The zero-order valence-electron chi connectivity index (χ0n) is 16.3. The number of hydrogen-bond acceptors (Lipinski definition) is 4. The topological polar surface area (TPSA) is 50.7 Å². The SMILES string of the molecule is Oc1cccc(C2CC3(CCNCC3)Oc3cc(OC4CCCC4)ccc32)c1. The molecule has 1 spiro atoms. The van der Waals surface area contributed by atoms with Gasteiger partial charge < -0.3 is 19.9 Å².